The van der Waals surface area contributed by atoms with Crippen LogP contribution in [0.25, 0.3) is 10.9 Å². The first-order valence-electron chi connectivity index (χ1n) is 6.39. The van der Waals surface area contributed by atoms with Crippen LogP contribution in [0.2, 0.25) is 0 Å². The number of benzene rings is 1. The first-order valence-corrected chi connectivity index (χ1v) is 6.39. The van der Waals surface area contributed by atoms with Gasteiger partial charge in [-0.2, -0.15) is 0 Å². The number of hydrogen-bond donors (Lipinski definition) is 1. The van der Waals surface area contributed by atoms with E-state index in [1.807, 2.05) is 0 Å². The van der Waals surface area contributed by atoms with Gasteiger partial charge in [-0.1, -0.05) is 12.1 Å². The third-order valence-electron chi connectivity index (χ3n) is 3.77. The van der Waals surface area contributed by atoms with Gasteiger partial charge in [-0.05, 0) is 44.6 Å². The van der Waals surface area contributed by atoms with E-state index in [0.29, 0.717) is 6.54 Å². The summed E-state index contributed by atoms with van der Waals surface area (Å²) in [7, 11) is 6.28. The molecule has 3 heteroatoms. The number of nitrogens with two attached hydrogens (primary N) is 1. The minimum atomic E-state index is 0.272. The van der Waals surface area contributed by atoms with Crippen molar-refractivity contribution in [3.63, 3.8) is 0 Å². The van der Waals surface area contributed by atoms with Gasteiger partial charge < -0.3 is 15.2 Å². The molecule has 0 bridgehead atoms. The maximum absolute atomic E-state index is 5.94. The molecule has 2 N–H and O–H groups in total. The predicted molar refractivity (Wildman–Crippen MR) is 77.9 cm³/mol. The van der Waals surface area contributed by atoms with Crippen LogP contribution < -0.4 is 5.73 Å². The Hall–Kier alpha value is -1.32. The van der Waals surface area contributed by atoms with E-state index in [9.17, 15) is 0 Å². The van der Waals surface area contributed by atoms with Gasteiger partial charge in [0.2, 0.25) is 0 Å². The summed E-state index contributed by atoms with van der Waals surface area (Å²) >= 11 is 0. The van der Waals surface area contributed by atoms with E-state index >= 15 is 0 Å². The lowest BCUT2D eigenvalue weighted by Crippen LogP contribution is -2.27. The van der Waals surface area contributed by atoms with Gasteiger partial charge in [-0.15, -0.1) is 0 Å². The zero-order valence-electron chi connectivity index (χ0n) is 12.0. The minimum absolute atomic E-state index is 0.272. The first-order chi connectivity index (χ1) is 8.47. The molecule has 2 aromatic rings. The Labute approximate surface area is 109 Å². The number of fused-ring (bicyclic) bond motifs is 1. The Morgan fingerprint density at radius 1 is 1.22 bits per heavy atom. The molecule has 1 heterocycles. The van der Waals surface area contributed by atoms with Crippen LogP contribution >= 0.6 is 0 Å². The lowest BCUT2D eigenvalue weighted by atomic mass is 9.99. The van der Waals surface area contributed by atoms with Gasteiger partial charge in [-0.3, -0.25) is 0 Å². The molecular weight excluding hydrogens is 222 g/mol. The van der Waals surface area contributed by atoms with Crippen molar-refractivity contribution in [1.29, 1.82) is 0 Å². The van der Waals surface area contributed by atoms with Crippen molar-refractivity contribution in [2.24, 2.45) is 12.8 Å². The molecular formula is C15H23N3. The van der Waals surface area contributed by atoms with E-state index in [-0.39, 0.29) is 6.04 Å². The average Bonchev–Trinajstić information content (AvgIpc) is 2.63. The Bertz CT molecular complexity index is 567. The minimum Gasteiger partial charge on any atom is -0.350 e. The number of rotatable bonds is 3. The number of likely N-dealkylation sites (N-methyl/N-ethyl adjacent to an activating group) is 1. The molecule has 1 unspecified atom stereocenters. The largest absolute Gasteiger partial charge is 0.350 e. The predicted octanol–water partition coefficient (Wildman–Crippen LogP) is 2.36. The molecule has 0 aliphatic rings. The van der Waals surface area contributed by atoms with Crippen molar-refractivity contribution >= 4 is 10.9 Å². The second-order valence-corrected chi connectivity index (χ2v) is 5.33. The molecule has 0 aliphatic carbocycles. The smallest absolute Gasteiger partial charge is 0.0513 e. The van der Waals surface area contributed by atoms with Crippen molar-refractivity contribution in [2.45, 2.75) is 19.9 Å². The Morgan fingerprint density at radius 2 is 1.83 bits per heavy atom. The van der Waals surface area contributed by atoms with Gasteiger partial charge in [0.05, 0.1) is 5.52 Å². The first kappa shape index (κ1) is 13.1. The number of hydrogen-bond acceptors (Lipinski definition) is 2. The molecule has 98 valence electrons. The monoisotopic (exact) mass is 245 g/mol. The maximum Gasteiger partial charge on any atom is 0.0513 e. The SMILES string of the molecule is Cc1ccc(C)c2c1c(C(CN)N(C)C)cn2C. The molecule has 1 aromatic heterocycles. The number of aryl methyl sites for hydroxylation is 3. The summed E-state index contributed by atoms with van der Waals surface area (Å²) in [6.07, 6.45) is 2.22. The topological polar surface area (TPSA) is 34.2 Å². The van der Waals surface area contributed by atoms with E-state index in [1.165, 1.54) is 27.6 Å². The quantitative estimate of drug-likeness (QED) is 0.900. The summed E-state index contributed by atoms with van der Waals surface area (Å²) in [5, 5.41) is 1.36. The molecule has 0 spiro atoms. The van der Waals surface area contributed by atoms with Crippen molar-refractivity contribution in [3.8, 4) is 0 Å². The van der Waals surface area contributed by atoms with Crippen LogP contribution in [0.5, 0.6) is 0 Å². The molecule has 18 heavy (non-hydrogen) atoms. The fourth-order valence-electron chi connectivity index (χ4n) is 2.82. The third-order valence-corrected chi connectivity index (χ3v) is 3.77. The van der Waals surface area contributed by atoms with Crippen LogP contribution in [0.1, 0.15) is 22.7 Å². The molecule has 3 nitrogen and oxygen atoms in total. The van der Waals surface area contributed by atoms with Gasteiger partial charge in [0.1, 0.15) is 0 Å². The fourth-order valence-corrected chi connectivity index (χ4v) is 2.82. The standard InChI is InChI=1S/C15H23N3/c1-10-6-7-11(2)15-14(10)12(9-18(15)5)13(8-16)17(3)4/h6-7,9,13H,8,16H2,1-5H3. The highest BCUT2D eigenvalue weighted by molar-refractivity contribution is 5.90. The zero-order valence-corrected chi connectivity index (χ0v) is 12.0. The second kappa shape index (κ2) is 4.75. The van der Waals surface area contributed by atoms with Crippen LogP contribution in [-0.4, -0.2) is 30.1 Å². The summed E-state index contributed by atoms with van der Waals surface area (Å²) < 4.78 is 2.22. The highest BCUT2D eigenvalue weighted by atomic mass is 15.1. The molecule has 0 saturated carbocycles. The Morgan fingerprint density at radius 3 is 2.39 bits per heavy atom. The van der Waals surface area contributed by atoms with Crippen LogP contribution in [0, 0.1) is 13.8 Å². The van der Waals surface area contributed by atoms with Crippen LogP contribution in [0.3, 0.4) is 0 Å². The number of aromatic nitrogens is 1. The molecule has 0 amide bonds. The van der Waals surface area contributed by atoms with E-state index in [4.69, 9.17) is 5.73 Å². The molecule has 0 saturated heterocycles. The summed E-state index contributed by atoms with van der Waals surface area (Å²) in [6, 6.07) is 4.66. The Kier molecular flexibility index (Phi) is 3.46. The third kappa shape index (κ3) is 1.93. The highest BCUT2D eigenvalue weighted by Gasteiger charge is 2.19. The van der Waals surface area contributed by atoms with E-state index in [1.54, 1.807) is 0 Å². The van der Waals surface area contributed by atoms with E-state index in [0.717, 1.165) is 0 Å². The van der Waals surface area contributed by atoms with Gasteiger partial charge in [0.25, 0.3) is 0 Å². The summed E-state index contributed by atoms with van der Waals surface area (Å²) in [5.41, 5.74) is 11.2. The lowest BCUT2D eigenvalue weighted by molar-refractivity contribution is 0.307. The Balaban J connectivity index is 2.76. The van der Waals surface area contributed by atoms with Crippen LogP contribution in [-0.2, 0) is 7.05 Å². The van der Waals surface area contributed by atoms with Crippen molar-refractivity contribution in [2.75, 3.05) is 20.6 Å². The zero-order chi connectivity index (χ0) is 13.4. The van der Waals surface area contributed by atoms with Crippen LogP contribution in [0.15, 0.2) is 18.3 Å². The molecule has 2 rings (SSSR count). The highest BCUT2D eigenvalue weighted by Crippen LogP contribution is 2.32. The summed E-state index contributed by atoms with van der Waals surface area (Å²) in [5.74, 6) is 0. The molecule has 1 atom stereocenters. The normalized spacial score (nSPS) is 13.5. The van der Waals surface area contributed by atoms with Gasteiger partial charge >= 0.3 is 0 Å². The van der Waals surface area contributed by atoms with Gasteiger partial charge in [0.15, 0.2) is 0 Å². The van der Waals surface area contributed by atoms with Gasteiger partial charge in [0, 0.05) is 31.2 Å². The van der Waals surface area contributed by atoms with Crippen LogP contribution in [0.4, 0.5) is 0 Å². The van der Waals surface area contributed by atoms with Crippen molar-refractivity contribution in [3.05, 3.63) is 35.0 Å². The lowest BCUT2D eigenvalue weighted by Gasteiger charge is -2.22. The van der Waals surface area contributed by atoms with Crippen molar-refractivity contribution < 1.29 is 0 Å². The molecule has 0 radical (unpaired) electrons. The summed E-state index contributed by atoms with van der Waals surface area (Å²) in [6.45, 7) is 4.98. The molecule has 0 fully saturated rings. The van der Waals surface area contributed by atoms with Crippen molar-refractivity contribution in [1.82, 2.24) is 9.47 Å². The van der Waals surface area contributed by atoms with E-state index < -0.39 is 0 Å². The maximum atomic E-state index is 5.94. The number of nitrogens with zero attached hydrogens (tertiary/aromatic N) is 2. The second-order valence-electron chi connectivity index (χ2n) is 5.33. The average molecular weight is 245 g/mol. The fraction of sp³-hybridized carbons (Fsp3) is 0.467. The molecule has 0 aliphatic heterocycles. The summed E-state index contributed by atoms with van der Waals surface area (Å²) in [4.78, 5) is 2.19. The van der Waals surface area contributed by atoms with Gasteiger partial charge in [-0.25, -0.2) is 0 Å². The van der Waals surface area contributed by atoms with E-state index in [2.05, 4.69) is 62.8 Å². The molecule has 1 aromatic carbocycles.